The number of hydrogen-bond acceptors (Lipinski definition) is 4. The molecule has 0 amide bonds. The van der Waals surface area contributed by atoms with E-state index in [0.29, 0.717) is 6.42 Å². The van der Waals surface area contributed by atoms with Crippen LogP contribution in [0, 0.1) is 0 Å². The van der Waals surface area contributed by atoms with Crippen molar-refractivity contribution in [2.24, 2.45) is 0 Å². The van der Waals surface area contributed by atoms with E-state index < -0.39 is 6.10 Å². The highest BCUT2D eigenvalue weighted by molar-refractivity contribution is 7.09. The van der Waals surface area contributed by atoms with Crippen molar-refractivity contribution in [2.75, 3.05) is 7.11 Å². The molecule has 1 N–H and O–H groups in total. The molecular formula is C14H17NO2S. The molecule has 0 bridgehead atoms. The van der Waals surface area contributed by atoms with Crippen LogP contribution in [0.2, 0.25) is 0 Å². The van der Waals surface area contributed by atoms with Gasteiger partial charge in [-0.2, -0.15) is 0 Å². The number of thiazole rings is 1. The number of rotatable bonds is 5. The van der Waals surface area contributed by atoms with E-state index in [4.69, 9.17) is 4.74 Å². The number of aromatic nitrogens is 1. The van der Waals surface area contributed by atoms with Gasteiger partial charge in [-0.05, 0) is 12.5 Å². The number of methoxy groups -OCH3 is 1. The lowest BCUT2D eigenvalue weighted by Crippen LogP contribution is -2.02. The second-order valence-electron chi connectivity index (χ2n) is 4.19. The molecule has 2 aromatic rings. The second kappa shape index (κ2) is 6.09. The molecule has 0 saturated carbocycles. The number of aliphatic hydroxyl groups excluding tert-OH is 1. The lowest BCUT2D eigenvalue weighted by atomic mass is 10.1. The van der Waals surface area contributed by atoms with Gasteiger partial charge in [0.1, 0.15) is 11.1 Å². The minimum atomic E-state index is -0.501. The van der Waals surface area contributed by atoms with Gasteiger partial charge >= 0.3 is 0 Å². The Morgan fingerprint density at radius 2 is 2.06 bits per heavy atom. The van der Waals surface area contributed by atoms with Gasteiger partial charge in [-0.3, -0.25) is 0 Å². The van der Waals surface area contributed by atoms with Crippen LogP contribution in [0.1, 0.15) is 35.4 Å². The summed E-state index contributed by atoms with van der Waals surface area (Å²) in [7, 11) is 1.67. The highest BCUT2D eigenvalue weighted by atomic mass is 32.1. The summed E-state index contributed by atoms with van der Waals surface area (Å²) in [5, 5.41) is 13.0. The lowest BCUT2D eigenvalue weighted by Gasteiger charge is -2.09. The van der Waals surface area contributed by atoms with Gasteiger partial charge in [0.05, 0.1) is 11.8 Å². The molecule has 1 heterocycles. The summed E-state index contributed by atoms with van der Waals surface area (Å²) in [6.45, 7) is 1.97. The SMILES string of the molecule is COC(C)c1nc(CC(O)c2ccccc2)cs1. The summed E-state index contributed by atoms with van der Waals surface area (Å²) in [4.78, 5) is 4.48. The van der Waals surface area contributed by atoms with Crippen LogP contribution >= 0.6 is 11.3 Å². The third-order valence-corrected chi connectivity index (χ3v) is 3.91. The van der Waals surface area contributed by atoms with Crippen molar-refractivity contribution in [3.05, 3.63) is 52.0 Å². The molecule has 3 nitrogen and oxygen atoms in total. The summed E-state index contributed by atoms with van der Waals surface area (Å²) in [5.74, 6) is 0. The molecule has 18 heavy (non-hydrogen) atoms. The molecule has 0 spiro atoms. The number of benzene rings is 1. The van der Waals surface area contributed by atoms with Crippen LogP contribution in [-0.4, -0.2) is 17.2 Å². The summed E-state index contributed by atoms with van der Waals surface area (Å²) >= 11 is 1.57. The fourth-order valence-corrected chi connectivity index (χ4v) is 2.56. The first-order valence-electron chi connectivity index (χ1n) is 5.91. The average molecular weight is 263 g/mol. The lowest BCUT2D eigenvalue weighted by molar-refractivity contribution is 0.119. The van der Waals surface area contributed by atoms with Crippen molar-refractivity contribution in [2.45, 2.75) is 25.6 Å². The van der Waals surface area contributed by atoms with E-state index in [0.717, 1.165) is 16.3 Å². The van der Waals surface area contributed by atoms with E-state index in [9.17, 15) is 5.11 Å². The standard InChI is InChI=1S/C14H17NO2S/c1-10(17-2)14-15-12(9-18-14)8-13(16)11-6-4-3-5-7-11/h3-7,9-10,13,16H,8H2,1-2H3. The Morgan fingerprint density at radius 3 is 2.72 bits per heavy atom. The maximum atomic E-state index is 10.1. The fraction of sp³-hybridized carbons (Fsp3) is 0.357. The molecule has 0 radical (unpaired) electrons. The minimum absolute atomic E-state index is 0.0117. The molecule has 0 aliphatic carbocycles. The number of nitrogens with zero attached hydrogens (tertiary/aromatic N) is 1. The van der Waals surface area contributed by atoms with Gasteiger partial charge in [0.15, 0.2) is 0 Å². The van der Waals surface area contributed by atoms with Gasteiger partial charge in [-0.15, -0.1) is 11.3 Å². The molecule has 1 aromatic heterocycles. The Labute approximate surface area is 111 Å². The fourth-order valence-electron chi connectivity index (χ4n) is 1.70. The van der Waals surface area contributed by atoms with Crippen molar-refractivity contribution in [1.82, 2.24) is 4.98 Å². The maximum absolute atomic E-state index is 10.1. The van der Waals surface area contributed by atoms with Crippen LogP contribution in [0.15, 0.2) is 35.7 Å². The summed E-state index contributed by atoms with van der Waals surface area (Å²) < 4.78 is 5.22. The Hall–Kier alpha value is -1.23. The van der Waals surface area contributed by atoms with Gasteiger partial charge in [-0.1, -0.05) is 30.3 Å². The van der Waals surface area contributed by atoms with Crippen molar-refractivity contribution < 1.29 is 9.84 Å². The largest absolute Gasteiger partial charge is 0.388 e. The molecule has 1 aromatic carbocycles. The maximum Gasteiger partial charge on any atom is 0.121 e. The zero-order valence-electron chi connectivity index (χ0n) is 10.5. The molecule has 0 aliphatic heterocycles. The normalized spacial score (nSPS) is 14.4. The number of aliphatic hydroxyl groups is 1. The average Bonchev–Trinajstić information content (AvgIpc) is 2.87. The van der Waals surface area contributed by atoms with Gasteiger partial charge in [0.25, 0.3) is 0 Å². The van der Waals surface area contributed by atoms with Crippen molar-refractivity contribution >= 4 is 11.3 Å². The third kappa shape index (κ3) is 3.16. The Kier molecular flexibility index (Phi) is 4.47. The highest BCUT2D eigenvalue weighted by Crippen LogP contribution is 2.23. The molecule has 96 valence electrons. The zero-order chi connectivity index (χ0) is 13.0. The third-order valence-electron chi connectivity index (χ3n) is 2.86. The Bertz CT molecular complexity index is 484. The molecule has 2 rings (SSSR count). The summed E-state index contributed by atoms with van der Waals surface area (Å²) in [6, 6.07) is 9.65. The zero-order valence-corrected chi connectivity index (χ0v) is 11.4. The Balaban J connectivity index is 2.03. The predicted molar refractivity (Wildman–Crippen MR) is 72.6 cm³/mol. The first-order chi connectivity index (χ1) is 8.70. The number of hydrogen-bond donors (Lipinski definition) is 1. The van der Waals surface area contributed by atoms with Crippen LogP contribution in [0.3, 0.4) is 0 Å². The first-order valence-corrected chi connectivity index (χ1v) is 6.78. The minimum Gasteiger partial charge on any atom is -0.388 e. The molecule has 0 saturated heterocycles. The molecule has 0 fully saturated rings. The van der Waals surface area contributed by atoms with Crippen molar-refractivity contribution in [3.8, 4) is 0 Å². The van der Waals surface area contributed by atoms with Crippen LogP contribution < -0.4 is 0 Å². The monoisotopic (exact) mass is 263 g/mol. The van der Waals surface area contributed by atoms with Gasteiger partial charge in [0.2, 0.25) is 0 Å². The van der Waals surface area contributed by atoms with Crippen molar-refractivity contribution in [3.63, 3.8) is 0 Å². The molecular weight excluding hydrogens is 246 g/mol. The van der Waals surface area contributed by atoms with Crippen LogP contribution in [-0.2, 0) is 11.2 Å². The van der Waals surface area contributed by atoms with Gasteiger partial charge < -0.3 is 9.84 Å². The molecule has 4 heteroatoms. The molecule has 2 unspecified atom stereocenters. The van der Waals surface area contributed by atoms with Crippen LogP contribution in [0.5, 0.6) is 0 Å². The topological polar surface area (TPSA) is 42.4 Å². The molecule has 0 aliphatic rings. The number of ether oxygens (including phenoxy) is 1. The molecule has 2 atom stereocenters. The highest BCUT2D eigenvalue weighted by Gasteiger charge is 2.13. The summed E-state index contributed by atoms with van der Waals surface area (Å²) in [5.41, 5.74) is 1.84. The second-order valence-corrected chi connectivity index (χ2v) is 5.08. The smallest absolute Gasteiger partial charge is 0.121 e. The quantitative estimate of drug-likeness (QED) is 0.901. The van der Waals surface area contributed by atoms with Crippen LogP contribution in [0.4, 0.5) is 0 Å². The van der Waals surface area contributed by atoms with E-state index in [1.54, 1.807) is 18.4 Å². The Morgan fingerprint density at radius 1 is 1.33 bits per heavy atom. The van der Waals surface area contributed by atoms with E-state index >= 15 is 0 Å². The van der Waals surface area contributed by atoms with Crippen molar-refractivity contribution in [1.29, 1.82) is 0 Å². The van der Waals surface area contributed by atoms with E-state index in [2.05, 4.69) is 4.98 Å². The van der Waals surface area contributed by atoms with E-state index in [-0.39, 0.29) is 6.10 Å². The van der Waals surface area contributed by atoms with Gasteiger partial charge in [0, 0.05) is 18.9 Å². The summed E-state index contributed by atoms with van der Waals surface area (Å²) in [6.07, 6.45) is 0.0494. The van der Waals surface area contributed by atoms with E-state index in [1.165, 1.54) is 0 Å². The van der Waals surface area contributed by atoms with Crippen LogP contribution in [0.25, 0.3) is 0 Å². The first kappa shape index (κ1) is 13.2. The van der Waals surface area contributed by atoms with E-state index in [1.807, 2.05) is 42.6 Å². The predicted octanol–water partition coefficient (Wildman–Crippen LogP) is 3.13. The van der Waals surface area contributed by atoms with Gasteiger partial charge in [-0.25, -0.2) is 4.98 Å².